The van der Waals surface area contributed by atoms with Crippen LogP contribution in [0.4, 0.5) is 5.69 Å². The van der Waals surface area contributed by atoms with Crippen molar-refractivity contribution in [3.63, 3.8) is 0 Å². The van der Waals surface area contributed by atoms with Crippen LogP contribution in [0, 0.1) is 10.7 Å². The van der Waals surface area contributed by atoms with Gasteiger partial charge in [-0.15, -0.1) is 0 Å². The number of Topliss-reactive ketones (excluding diaryl/α,β-unsaturated/α-hetero) is 1. The highest BCUT2D eigenvalue weighted by molar-refractivity contribution is 14.1. The van der Waals surface area contributed by atoms with Crippen molar-refractivity contribution in [1.82, 2.24) is 4.90 Å². The van der Waals surface area contributed by atoms with Crippen LogP contribution in [0.2, 0.25) is 0 Å². The zero-order valence-electron chi connectivity index (χ0n) is 11.0. The molecule has 0 amide bonds. The first-order valence-electron chi connectivity index (χ1n) is 5.69. The fourth-order valence-corrected chi connectivity index (χ4v) is 5.63. The van der Waals surface area contributed by atoms with Gasteiger partial charge in [0.05, 0.1) is 12.0 Å². The van der Waals surface area contributed by atoms with Crippen LogP contribution in [0.3, 0.4) is 0 Å². The molecule has 0 aliphatic heterocycles. The van der Waals surface area contributed by atoms with Crippen LogP contribution in [0.25, 0.3) is 0 Å². The van der Waals surface area contributed by atoms with Gasteiger partial charge in [0.15, 0.2) is 0 Å². The normalized spacial score (nSPS) is 11.1. The molecule has 104 valence electrons. The molecule has 0 N–H and O–H groups in total. The fraction of sp³-hybridized carbons (Fsp3) is 0.385. The first-order valence-corrected chi connectivity index (χ1v) is 8.93. The van der Waals surface area contributed by atoms with Gasteiger partial charge in [0.1, 0.15) is 5.78 Å². The molecule has 1 rings (SSSR count). The second-order valence-electron chi connectivity index (χ2n) is 4.39. The lowest BCUT2D eigenvalue weighted by molar-refractivity contribution is -0.116. The van der Waals surface area contributed by atoms with E-state index in [0.29, 0.717) is 6.42 Å². The van der Waals surface area contributed by atoms with E-state index in [1.165, 1.54) is 9.13 Å². The summed E-state index contributed by atoms with van der Waals surface area (Å²) in [7, 11) is 3.90. The summed E-state index contributed by atoms with van der Waals surface area (Å²) in [4.78, 5) is 17.6. The predicted octanol–water partition coefficient (Wildman–Crippen LogP) is 4.24. The number of aliphatic imine (C=N–C) groups is 1. The van der Waals surface area contributed by atoms with Crippen LogP contribution in [0.15, 0.2) is 11.1 Å². The van der Waals surface area contributed by atoms with Gasteiger partial charge in [0.25, 0.3) is 0 Å². The highest BCUT2D eigenvalue weighted by Gasteiger charge is 2.13. The van der Waals surface area contributed by atoms with Gasteiger partial charge in [-0.2, -0.15) is 0 Å². The summed E-state index contributed by atoms with van der Waals surface area (Å²) in [5.41, 5.74) is 2.22. The molecule has 0 fully saturated rings. The molecule has 6 heteroatoms. The Morgan fingerprint density at radius 2 is 1.95 bits per heavy atom. The Bertz CT molecular complexity index is 513. The molecule has 0 atom stereocenters. The Balaban J connectivity index is 3.18. The third kappa shape index (κ3) is 5.44. The first-order chi connectivity index (χ1) is 8.82. The molecule has 0 aliphatic rings. The third-order valence-corrected chi connectivity index (χ3v) is 5.33. The summed E-state index contributed by atoms with van der Waals surface area (Å²) in [6.07, 6.45) is 3.18. The highest BCUT2D eigenvalue weighted by atomic mass is 127. The number of carbonyl (C=O) groups excluding carboxylic acids is 1. The standard InChI is InChI=1S/C13H15I3N2O/c1-8(19)4-5-9-10(14)6-11(15)13(12(9)16)17-7-18(2)3/h6-7H,4-5H2,1-3H3/b17-7+. The number of ketones is 1. The van der Waals surface area contributed by atoms with Crippen molar-refractivity contribution in [3.8, 4) is 0 Å². The minimum absolute atomic E-state index is 0.225. The van der Waals surface area contributed by atoms with Crippen LogP contribution in [-0.2, 0) is 11.2 Å². The number of carbonyl (C=O) groups is 1. The second kappa shape index (κ2) is 8.11. The van der Waals surface area contributed by atoms with E-state index in [4.69, 9.17) is 0 Å². The van der Waals surface area contributed by atoms with Gasteiger partial charge in [-0.25, -0.2) is 4.99 Å². The summed E-state index contributed by atoms with van der Waals surface area (Å²) in [6, 6.07) is 2.13. The SMILES string of the molecule is CC(=O)CCc1c(I)cc(I)c(/N=C/N(C)C)c1I. The molecule has 0 saturated heterocycles. The fourth-order valence-electron chi connectivity index (χ4n) is 1.44. The zero-order valence-corrected chi connectivity index (χ0v) is 17.5. The molecule has 0 unspecified atom stereocenters. The van der Waals surface area contributed by atoms with Crippen molar-refractivity contribution in [2.24, 2.45) is 4.99 Å². The van der Waals surface area contributed by atoms with Gasteiger partial charge in [-0.05, 0) is 92.7 Å². The summed E-state index contributed by atoms with van der Waals surface area (Å²) in [6.45, 7) is 1.64. The van der Waals surface area contributed by atoms with Gasteiger partial charge < -0.3 is 9.69 Å². The third-order valence-electron chi connectivity index (χ3n) is 2.39. The lowest BCUT2D eigenvalue weighted by Crippen LogP contribution is -2.07. The van der Waals surface area contributed by atoms with Gasteiger partial charge in [-0.3, -0.25) is 0 Å². The van der Waals surface area contributed by atoms with E-state index in [2.05, 4.69) is 78.8 Å². The van der Waals surface area contributed by atoms with Crippen molar-refractivity contribution < 1.29 is 4.79 Å². The van der Waals surface area contributed by atoms with Crippen molar-refractivity contribution in [3.05, 3.63) is 22.3 Å². The minimum atomic E-state index is 0.225. The molecule has 0 spiro atoms. The monoisotopic (exact) mass is 596 g/mol. The summed E-state index contributed by atoms with van der Waals surface area (Å²) in [5, 5.41) is 0. The molecule has 3 nitrogen and oxygen atoms in total. The van der Waals surface area contributed by atoms with E-state index >= 15 is 0 Å². The van der Waals surface area contributed by atoms with E-state index in [-0.39, 0.29) is 5.78 Å². The van der Waals surface area contributed by atoms with E-state index in [1.54, 1.807) is 13.3 Å². The van der Waals surface area contributed by atoms with Gasteiger partial charge in [-0.1, -0.05) is 0 Å². The lowest BCUT2D eigenvalue weighted by Gasteiger charge is -2.12. The molecule has 1 aromatic rings. The quantitative estimate of drug-likeness (QED) is 0.290. The number of nitrogens with zero attached hydrogens (tertiary/aromatic N) is 2. The van der Waals surface area contributed by atoms with Crippen molar-refractivity contribution in [2.45, 2.75) is 19.8 Å². The highest BCUT2D eigenvalue weighted by Crippen LogP contribution is 2.34. The van der Waals surface area contributed by atoms with E-state index < -0.39 is 0 Å². The Labute approximate surface area is 155 Å². The Morgan fingerprint density at radius 3 is 2.47 bits per heavy atom. The molecule has 0 aromatic heterocycles. The van der Waals surface area contributed by atoms with Crippen LogP contribution < -0.4 is 0 Å². The second-order valence-corrected chi connectivity index (χ2v) is 7.79. The molecule has 0 bridgehead atoms. The smallest absolute Gasteiger partial charge is 0.130 e. The summed E-state index contributed by atoms with van der Waals surface area (Å²) < 4.78 is 3.49. The molecular formula is C13H15I3N2O. The molecular weight excluding hydrogens is 581 g/mol. The van der Waals surface area contributed by atoms with Crippen LogP contribution in [-0.4, -0.2) is 31.1 Å². The largest absolute Gasteiger partial charge is 0.369 e. The first kappa shape index (κ1) is 17.6. The Morgan fingerprint density at radius 1 is 1.32 bits per heavy atom. The number of hydrogen-bond donors (Lipinski definition) is 0. The van der Waals surface area contributed by atoms with Gasteiger partial charge in [0.2, 0.25) is 0 Å². The van der Waals surface area contributed by atoms with Crippen molar-refractivity contribution >= 4 is 85.6 Å². The molecule has 0 saturated carbocycles. The number of halogens is 3. The Hall–Kier alpha value is 0.550. The average molecular weight is 596 g/mol. The number of rotatable bonds is 5. The van der Waals surface area contributed by atoms with Crippen LogP contribution >= 0.6 is 67.8 Å². The van der Waals surface area contributed by atoms with Crippen LogP contribution in [0.1, 0.15) is 18.9 Å². The zero-order chi connectivity index (χ0) is 14.6. The maximum absolute atomic E-state index is 11.2. The molecule has 0 aliphatic carbocycles. The molecule has 0 radical (unpaired) electrons. The van der Waals surface area contributed by atoms with Crippen LogP contribution in [0.5, 0.6) is 0 Å². The van der Waals surface area contributed by atoms with Crippen molar-refractivity contribution in [2.75, 3.05) is 14.1 Å². The summed E-state index contributed by atoms with van der Waals surface area (Å²) >= 11 is 6.97. The minimum Gasteiger partial charge on any atom is -0.369 e. The molecule has 0 heterocycles. The van der Waals surface area contributed by atoms with Crippen molar-refractivity contribution in [1.29, 1.82) is 0 Å². The van der Waals surface area contributed by atoms with E-state index in [9.17, 15) is 4.79 Å². The van der Waals surface area contributed by atoms with E-state index in [0.717, 1.165) is 19.2 Å². The lowest BCUT2D eigenvalue weighted by atomic mass is 10.1. The molecule has 19 heavy (non-hydrogen) atoms. The number of hydrogen-bond acceptors (Lipinski definition) is 2. The van der Waals surface area contributed by atoms with Gasteiger partial charge in [0, 0.05) is 31.2 Å². The average Bonchev–Trinajstić information content (AvgIpc) is 2.27. The predicted molar refractivity (Wildman–Crippen MR) is 105 cm³/mol. The maximum Gasteiger partial charge on any atom is 0.130 e. The topological polar surface area (TPSA) is 32.7 Å². The van der Waals surface area contributed by atoms with E-state index in [1.807, 2.05) is 19.0 Å². The number of benzene rings is 1. The molecule has 1 aromatic carbocycles. The Kier molecular flexibility index (Phi) is 7.51. The maximum atomic E-state index is 11.2. The summed E-state index contributed by atoms with van der Waals surface area (Å²) in [5.74, 6) is 0.225. The van der Waals surface area contributed by atoms with Gasteiger partial charge >= 0.3 is 0 Å².